The van der Waals surface area contributed by atoms with Crippen LogP contribution < -0.4 is 0 Å². The first-order valence-electron chi connectivity index (χ1n) is 8.16. The van der Waals surface area contributed by atoms with Crippen LogP contribution in [0.2, 0.25) is 0 Å². The van der Waals surface area contributed by atoms with E-state index in [1.165, 1.54) is 0 Å². The second-order valence-corrected chi connectivity index (χ2v) is 6.45. The molecule has 0 unspecified atom stereocenters. The summed E-state index contributed by atoms with van der Waals surface area (Å²) >= 11 is 0. The average molecular weight is 311 g/mol. The predicted octanol–water partition coefficient (Wildman–Crippen LogP) is 3.12. The van der Waals surface area contributed by atoms with Gasteiger partial charge >= 0.3 is 6.09 Å². The lowest BCUT2D eigenvalue weighted by atomic mass is 9.92. The maximum Gasteiger partial charge on any atom is 0.416 e. The van der Waals surface area contributed by atoms with Gasteiger partial charge in [-0.3, -0.25) is 4.79 Å². The van der Waals surface area contributed by atoms with Gasteiger partial charge in [0.15, 0.2) is 0 Å². The number of rotatable bonds is 8. The number of carbonyl (C=O) groups excluding carboxylic acids is 2. The number of amides is 2. The average Bonchev–Trinajstić information content (AvgIpc) is 2.87. The van der Waals surface area contributed by atoms with Crippen molar-refractivity contribution < 1.29 is 19.4 Å². The Morgan fingerprint density at radius 3 is 2.59 bits per heavy atom. The van der Waals surface area contributed by atoms with Gasteiger partial charge in [-0.25, -0.2) is 9.69 Å². The lowest BCUT2D eigenvalue weighted by Crippen LogP contribution is -2.47. The smallest absolute Gasteiger partial charge is 0.416 e. The fraction of sp³-hybridized carbons (Fsp3) is 0.765. The predicted molar refractivity (Wildman–Crippen MR) is 85.3 cm³/mol. The van der Waals surface area contributed by atoms with Crippen molar-refractivity contribution in [3.63, 3.8) is 0 Å². The standard InChI is InChI=1S/C17H29NO4/c1-6-7-8-9-12(4)15(19)13(5)16(20)18-14(11(2)3)10-22-17(18)21/h11,13-15,19H,4,6-10H2,1-3,5H3/t13-,14+,15+/m1/s1. The molecule has 1 rings (SSSR count). The number of aliphatic hydroxyl groups is 1. The van der Waals surface area contributed by atoms with E-state index in [-0.39, 0.29) is 24.5 Å². The summed E-state index contributed by atoms with van der Waals surface area (Å²) in [6, 6.07) is -0.261. The number of carbonyl (C=O) groups is 2. The molecule has 5 heteroatoms. The monoisotopic (exact) mass is 311 g/mol. The summed E-state index contributed by atoms with van der Waals surface area (Å²) in [6.45, 7) is 11.7. The molecule has 0 aromatic rings. The largest absolute Gasteiger partial charge is 0.447 e. The van der Waals surface area contributed by atoms with E-state index in [4.69, 9.17) is 4.74 Å². The molecule has 1 aliphatic rings. The molecule has 1 fully saturated rings. The Bertz CT molecular complexity index is 419. The topological polar surface area (TPSA) is 66.8 Å². The molecule has 1 heterocycles. The molecule has 1 aliphatic heterocycles. The number of cyclic esters (lactones) is 1. The zero-order valence-corrected chi connectivity index (χ0v) is 14.2. The Morgan fingerprint density at radius 1 is 1.41 bits per heavy atom. The Hall–Kier alpha value is -1.36. The van der Waals surface area contributed by atoms with Gasteiger partial charge < -0.3 is 9.84 Å². The van der Waals surface area contributed by atoms with Crippen LogP contribution in [-0.4, -0.2) is 40.8 Å². The van der Waals surface area contributed by atoms with Crippen molar-refractivity contribution in [2.45, 2.75) is 65.5 Å². The molecule has 0 spiro atoms. The van der Waals surface area contributed by atoms with Gasteiger partial charge in [-0.15, -0.1) is 0 Å². The van der Waals surface area contributed by atoms with Gasteiger partial charge in [-0.05, 0) is 24.3 Å². The van der Waals surface area contributed by atoms with Gasteiger partial charge in [0, 0.05) is 0 Å². The van der Waals surface area contributed by atoms with E-state index in [1.807, 2.05) is 13.8 Å². The molecule has 5 nitrogen and oxygen atoms in total. The molecule has 0 saturated carbocycles. The Labute approximate surface area is 133 Å². The van der Waals surface area contributed by atoms with E-state index in [0.29, 0.717) is 12.0 Å². The summed E-state index contributed by atoms with van der Waals surface area (Å²) in [6.07, 6.45) is 2.28. The van der Waals surface area contributed by atoms with Gasteiger partial charge in [-0.1, -0.05) is 47.1 Å². The zero-order valence-electron chi connectivity index (χ0n) is 14.2. The van der Waals surface area contributed by atoms with Crippen LogP contribution in [0.1, 0.15) is 53.4 Å². The Balaban J connectivity index is 2.70. The highest BCUT2D eigenvalue weighted by Crippen LogP contribution is 2.25. The van der Waals surface area contributed by atoms with Crippen molar-refractivity contribution in [1.29, 1.82) is 0 Å². The third kappa shape index (κ3) is 4.32. The summed E-state index contributed by atoms with van der Waals surface area (Å²) in [4.78, 5) is 25.6. The molecule has 3 atom stereocenters. The second-order valence-electron chi connectivity index (χ2n) is 6.45. The molecule has 22 heavy (non-hydrogen) atoms. The molecular formula is C17H29NO4. The Kier molecular flexibility index (Phi) is 7.07. The maximum absolute atomic E-state index is 12.6. The lowest BCUT2D eigenvalue weighted by Gasteiger charge is -2.28. The molecule has 0 radical (unpaired) electrons. The normalized spacial score (nSPS) is 20.9. The molecule has 126 valence electrons. The van der Waals surface area contributed by atoms with E-state index in [1.54, 1.807) is 6.92 Å². The number of hydrogen-bond acceptors (Lipinski definition) is 4. The minimum atomic E-state index is -0.925. The van der Waals surface area contributed by atoms with Crippen LogP contribution in [0.3, 0.4) is 0 Å². The minimum absolute atomic E-state index is 0.118. The molecule has 0 bridgehead atoms. The summed E-state index contributed by atoms with van der Waals surface area (Å²) in [5.74, 6) is -0.959. The Morgan fingerprint density at radius 2 is 2.05 bits per heavy atom. The quantitative estimate of drug-likeness (QED) is 0.552. The number of aliphatic hydroxyl groups excluding tert-OH is 1. The van der Waals surface area contributed by atoms with Gasteiger partial charge in [0.2, 0.25) is 5.91 Å². The van der Waals surface area contributed by atoms with Gasteiger partial charge in [0.05, 0.1) is 18.1 Å². The molecule has 1 N–H and O–H groups in total. The van der Waals surface area contributed by atoms with Gasteiger partial charge in [-0.2, -0.15) is 0 Å². The van der Waals surface area contributed by atoms with Crippen LogP contribution in [0.5, 0.6) is 0 Å². The molecule has 0 aromatic heterocycles. The highest BCUT2D eigenvalue weighted by atomic mass is 16.6. The van der Waals surface area contributed by atoms with E-state index in [2.05, 4.69) is 13.5 Å². The third-order valence-electron chi connectivity index (χ3n) is 4.30. The van der Waals surface area contributed by atoms with E-state index in [0.717, 1.165) is 24.2 Å². The highest BCUT2D eigenvalue weighted by molar-refractivity contribution is 5.95. The van der Waals surface area contributed by atoms with E-state index >= 15 is 0 Å². The molecule has 0 aromatic carbocycles. The lowest BCUT2D eigenvalue weighted by molar-refractivity contribution is -0.136. The summed E-state index contributed by atoms with van der Waals surface area (Å²) in [5.41, 5.74) is 0.656. The summed E-state index contributed by atoms with van der Waals surface area (Å²) < 4.78 is 4.99. The number of nitrogens with zero attached hydrogens (tertiary/aromatic N) is 1. The fourth-order valence-electron chi connectivity index (χ4n) is 2.64. The third-order valence-corrected chi connectivity index (χ3v) is 4.30. The van der Waals surface area contributed by atoms with Crippen LogP contribution >= 0.6 is 0 Å². The zero-order chi connectivity index (χ0) is 16.9. The summed E-state index contributed by atoms with van der Waals surface area (Å²) in [7, 11) is 0. The van der Waals surface area contributed by atoms with Gasteiger partial charge in [0.1, 0.15) is 6.61 Å². The first-order chi connectivity index (χ1) is 10.3. The first kappa shape index (κ1) is 18.7. The van der Waals surface area contributed by atoms with Crippen LogP contribution in [-0.2, 0) is 9.53 Å². The van der Waals surface area contributed by atoms with Crippen molar-refractivity contribution >= 4 is 12.0 Å². The number of hydrogen-bond donors (Lipinski definition) is 1. The fourth-order valence-corrected chi connectivity index (χ4v) is 2.64. The van der Waals surface area contributed by atoms with Crippen molar-refractivity contribution in [2.24, 2.45) is 11.8 Å². The van der Waals surface area contributed by atoms with E-state index < -0.39 is 18.1 Å². The number of imide groups is 1. The van der Waals surface area contributed by atoms with Gasteiger partial charge in [0.25, 0.3) is 0 Å². The SMILES string of the molecule is C=C(CCCCC)[C@H](O)[C@@H](C)C(=O)N1C(=O)OC[C@H]1C(C)C. The van der Waals surface area contributed by atoms with Crippen LogP contribution in [0, 0.1) is 11.8 Å². The van der Waals surface area contributed by atoms with E-state index in [9.17, 15) is 14.7 Å². The maximum atomic E-state index is 12.6. The number of unbranched alkanes of at least 4 members (excludes halogenated alkanes) is 2. The van der Waals surface area contributed by atoms with Crippen LogP contribution in [0.4, 0.5) is 4.79 Å². The molecule has 2 amide bonds. The molecule has 0 aliphatic carbocycles. The van der Waals surface area contributed by atoms with Crippen LogP contribution in [0.15, 0.2) is 12.2 Å². The van der Waals surface area contributed by atoms with Crippen molar-refractivity contribution in [2.75, 3.05) is 6.61 Å². The highest BCUT2D eigenvalue weighted by Gasteiger charge is 2.42. The van der Waals surface area contributed by atoms with Crippen LogP contribution in [0.25, 0.3) is 0 Å². The minimum Gasteiger partial charge on any atom is -0.447 e. The van der Waals surface area contributed by atoms with Crippen molar-refractivity contribution in [3.05, 3.63) is 12.2 Å². The van der Waals surface area contributed by atoms with Crippen molar-refractivity contribution in [3.8, 4) is 0 Å². The second kappa shape index (κ2) is 8.32. The summed E-state index contributed by atoms with van der Waals surface area (Å²) in [5, 5.41) is 10.3. The van der Waals surface area contributed by atoms with Crippen molar-refractivity contribution in [1.82, 2.24) is 4.90 Å². The molecular weight excluding hydrogens is 282 g/mol. The first-order valence-corrected chi connectivity index (χ1v) is 8.16. The molecule has 1 saturated heterocycles. The number of ether oxygens (including phenoxy) is 1.